The highest BCUT2D eigenvalue weighted by Gasteiger charge is 2.45. The summed E-state index contributed by atoms with van der Waals surface area (Å²) < 4.78 is 5.08. The summed E-state index contributed by atoms with van der Waals surface area (Å²) in [5.41, 5.74) is -2.99. The number of aliphatic hydroxyl groups excluding tert-OH is 3. The second kappa shape index (κ2) is 6.37. The van der Waals surface area contributed by atoms with E-state index in [1.54, 1.807) is 24.3 Å². The first-order valence-electron chi connectivity index (χ1n) is 6.82. The van der Waals surface area contributed by atoms with E-state index in [2.05, 4.69) is 5.32 Å². The zero-order valence-corrected chi connectivity index (χ0v) is 12.4. The van der Waals surface area contributed by atoms with Crippen LogP contribution in [-0.2, 0) is 4.79 Å². The van der Waals surface area contributed by atoms with Gasteiger partial charge in [0.05, 0.1) is 31.2 Å². The molecule has 2 rings (SSSR count). The maximum Gasteiger partial charge on any atom is 0.261 e. The van der Waals surface area contributed by atoms with Gasteiger partial charge in [0.2, 0.25) is 0 Å². The van der Waals surface area contributed by atoms with Gasteiger partial charge in [0.15, 0.2) is 0 Å². The Balaban J connectivity index is 2.40. The predicted molar refractivity (Wildman–Crippen MR) is 81.7 cm³/mol. The zero-order valence-electron chi connectivity index (χ0n) is 12.4. The molecule has 8 nitrogen and oxygen atoms in total. The quantitative estimate of drug-likeness (QED) is 0.459. The van der Waals surface area contributed by atoms with Crippen LogP contribution >= 0.6 is 0 Å². The minimum Gasteiger partial charge on any atom is -0.508 e. The number of rotatable bonds is 4. The van der Waals surface area contributed by atoms with Crippen molar-refractivity contribution in [3.63, 3.8) is 0 Å². The van der Waals surface area contributed by atoms with Gasteiger partial charge in [-0.3, -0.25) is 4.79 Å². The van der Waals surface area contributed by atoms with Gasteiger partial charge in [-0.25, -0.2) is 0 Å². The number of aliphatic hydroxyl groups is 4. The van der Waals surface area contributed by atoms with E-state index in [0.29, 0.717) is 11.4 Å². The third-order valence-corrected chi connectivity index (χ3v) is 3.66. The molecule has 0 spiro atoms. The maximum atomic E-state index is 12.4. The molecule has 1 aromatic rings. The SMILES string of the molecule is COc1ccccc1NC(=O)C1=C(O)[C@](O)(CO)C[C@H](O)C1=N. The number of benzene rings is 1. The summed E-state index contributed by atoms with van der Waals surface area (Å²) in [7, 11) is 1.42. The Morgan fingerprint density at radius 2 is 2.13 bits per heavy atom. The molecule has 124 valence electrons. The predicted octanol–water partition coefficient (Wildman–Crippen LogP) is -0.0464. The van der Waals surface area contributed by atoms with Crippen molar-refractivity contribution in [2.75, 3.05) is 19.0 Å². The summed E-state index contributed by atoms with van der Waals surface area (Å²) in [6, 6.07) is 6.50. The number of carbonyl (C=O) groups excluding carboxylic acids is 1. The van der Waals surface area contributed by atoms with Crippen LogP contribution in [0.15, 0.2) is 35.6 Å². The Hall–Kier alpha value is -2.42. The number of carbonyl (C=O) groups is 1. The van der Waals surface area contributed by atoms with E-state index < -0.39 is 47.7 Å². The van der Waals surface area contributed by atoms with Crippen molar-refractivity contribution < 1.29 is 30.0 Å². The molecule has 6 N–H and O–H groups in total. The Bertz CT molecular complexity index is 672. The number of amides is 1. The van der Waals surface area contributed by atoms with Crippen LogP contribution in [0.1, 0.15) is 6.42 Å². The summed E-state index contributed by atoms with van der Waals surface area (Å²) >= 11 is 0. The standard InChI is InChI=1S/C15H18N2O6/c1-23-10-5-3-2-4-8(10)17-14(21)11-12(16)9(19)6-15(22,7-18)13(11)20/h2-5,9,16,18-20,22H,6-7H2,1H3,(H,17,21)/t9-,15+/m0/s1. The number of ether oxygens (including phenoxy) is 1. The van der Waals surface area contributed by atoms with E-state index >= 15 is 0 Å². The smallest absolute Gasteiger partial charge is 0.261 e. The van der Waals surface area contributed by atoms with Gasteiger partial charge in [-0.05, 0) is 12.1 Å². The van der Waals surface area contributed by atoms with Crippen LogP contribution in [0.5, 0.6) is 5.75 Å². The van der Waals surface area contributed by atoms with Crippen LogP contribution in [0.3, 0.4) is 0 Å². The van der Waals surface area contributed by atoms with Crippen molar-refractivity contribution in [2.24, 2.45) is 0 Å². The lowest BCUT2D eigenvalue weighted by Gasteiger charge is -2.34. The molecule has 1 aliphatic rings. The molecule has 23 heavy (non-hydrogen) atoms. The van der Waals surface area contributed by atoms with Gasteiger partial charge >= 0.3 is 0 Å². The normalized spacial score (nSPS) is 24.5. The van der Waals surface area contributed by atoms with E-state index in [1.165, 1.54) is 7.11 Å². The maximum absolute atomic E-state index is 12.4. The molecule has 0 aromatic heterocycles. The summed E-state index contributed by atoms with van der Waals surface area (Å²) in [4.78, 5) is 12.4. The summed E-state index contributed by atoms with van der Waals surface area (Å²) in [5.74, 6) is -1.38. The number of nitrogens with one attached hydrogen (secondary N) is 2. The van der Waals surface area contributed by atoms with Crippen LogP contribution < -0.4 is 10.1 Å². The number of hydrogen-bond acceptors (Lipinski definition) is 7. The lowest BCUT2D eigenvalue weighted by atomic mass is 9.81. The number of para-hydroxylation sites is 2. The first-order valence-corrected chi connectivity index (χ1v) is 6.82. The number of methoxy groups -OCH3 is 1. The molecule has 0 aliphatic heterocycles. The lowest BCUT2D eigenvalue weighted by molar-refractivity contribution is -0.113. The average molecular weight is 322 g/mol. The molecular weight excluding hydrogens is 304 g/mol. The molecule has 0 unspecified atom stereocenters. The van der Waals surface area contributed by atoms with Crippen molar-refractivity contribution in [3.05, 3.63) is 35.6 Å². The monoisotopic (exact) mass is 322 g/mol. The second-order valence-electron chi connectivity index (χ2n) is 5.20. The third kappa shape index (κ3) is 3.04. The van der Waals surface area contributed by atoms with Crippen molar-refractivity contribution in [1.82, 2.24) is 0 Å². The topological polar surface area (TPSA) is 143 Å². The molecular formula is C15H18N2O6. The van der Waals surface area contributed by atoms with E-state index in [-0.39, 0.29) is 0 Å². The van der Waals surface area contributed by atoms with Gasteiger partial charge in [-0.1, -0.05) is 12.1 Å². The highest BCUT2D eigenvalue weighted by molar-refractivity contribution is 6.26. The second-order valence-corrected chi connectivity index (χ2v) is 5.20. The Morgan fingerprint density at radius 3 is 2.74 bits per heavy atom. The molecule has 0 radical (unpaired) electrons. The lowest BCUT2D eigenvalue weighted by Crippen LogP contribution is -2.49. The van der Waals surface area contributed by atoms with Gasteiger partial charge in [0.1, 0.15) is 22.7 Å². The third-order valence-electron chi connectivity index (χ3n) is 3.66. The molecule has 0 heterocycles. The Morgan fingerprint density at radius 1 is 1.48 bits per heavy atom. The van der Waals surface area contributed by atoms with Gasteiger partial charge in [0, 0.05) is 6.42 Å². The largest absolute Gasteiger partial charge is 0.508 e. The fourth-order valence-electron chi connectivity index (χ4n) is 2.35. The van der Waals surface area contributed by atoms with Gasteiger partial charge in [-0.15, -0.1) is 0 Å². The first kappa shape index (κ1) is 16.9. The molecule has 1 aromatic carbocycles. The van der Waals surface area contributed by atoms with Crippen LogP contribution in [-0.4, -0.2) is 57.5 Å². The van der Waals surface area contributed by atoms with Crippen LogP contribution in [0.2, 0.25) is 0 Å². The van der Waals surface area contributed by atoms with E-state index in [1.807, 2.05) is 0 Å². The molecule has 8 heteroatoms. The van der Waals surface area contributed by atoms with Crippen LogP contribution in [0.4, 0.5) is 5.69 Å². The minimum absolute atomic E-state index is 0.292. The molecule has 2 atom stereocenters. The zero-order chi connectivity index (χ0) is 17.2. The molecule has 0 fully saturated rings. The minimum atomic E-state index is -2.17. The fourth-order valence-corrected chi connectivity index (χ4v) is 2.35. The van der Waals surface area contributed by atoms with E-state index in [0.717, 1.165) is 0 Å². The average Bonchev–Trinajstić information content (AvgIpc) is 2.54. The Kier molecular flexibility index (Phi) is 4.69. The van der Waals surface area contributed by atoms with Crippen LogP contribution in [0, 0.1) is 5.41 Å². The Labute approximate surface area is 132 Å². The number of hydrogen-bond donors (Lipinski definition) is 6. The molecule has 0 saturated heterocycles. The first-order chi connectivity index (χ1) is 10.8. The van der Waals surface area contributed by atoms with Gasteiger partial charge < -0.3 is 35.9 Å². The highest BCUT2D eigenvalue weighted by Crippen LogP contribution is 2.32. The van der Waals surface area contributed by atoms with Crippen molar-refractivity contribution in [1.29, 1.82) is 5.41 Å². The number of anilines is 1. The molecule has 1 amide bonds. The summed E-state index contributed by atoms with van der Waals surface area (Å²) in [5, 5.41) is 49.4. The van der Waals surface area contributed by atoms with E-state index in [9.17, 15) is 25.2 Å². The fraction of sp³-hybridized carbons (Fsp3) is 0.333. The van der Waals surface area contributed by atoms with Crippen molar-refractivity contribution in [2.45, 2.75) is 18.1 Å². The molecule has 1 aliphatic carbocycles. The van der Waals surface area contributed by atoms with Gasteiger partial charge in [0.25, 0.3) is 5.91 Å². The highest BCUT2D eigenvalue weighted by atomic mass is 16.5. The van der Waals surface area contributed by atoms with Crippen LogP contribution in [0.25, 0.3) is 0 Å². The van der Waals surface area contributed by atoms with Crippen molar-refractivity contribution in [3.8, 4) is 5.75 Å². The molecule has 0 saturated carbocycles. The molecule has 0 bridgehead atoms. The van der Waals surface area contributed by atoms with E-state index in [4.69, 9.17) is 10.1 Å². The summed E-state index contributed by atoms with van der Waals surface area (Å²) in [6.45, 7) is -0.894. The van der Waals surface area contributed by atoms with Crippen molar-refractivity contribution >= 4 is 17.3 Å². The van der Waals surface area contributed by atoms with Gasteiger partial charge in [-0.2, -0.15) is 0 Å². The summed E-state index contributed by atoms with van der Waals surface area (Å²) in [6.07, 6.45) is -1.96.